The van der Waals surface area contributed by atoms with Gasteiger partial charge in [-0.3, -0.25) is 4.79 Å². The van der Waals surface area contributed by atoms with Crippen LogP contribution in [0.4, 0.5) is 16.2 Å². The number of benzene rings is 1. The molecule has 1 aliphatic carbocycles. The summed E-state index contributed by atoms with van der Waals surface area (Å²) in [6.07, 6.45) is 7.00. The van der Waals surface area contributed by atoms with Gasteiger partial charge < -0.3 is 15.5 Å². The highest BCUT2D eigenvalue weighted by Crippen LogP contribution is 2.26. The number of carbonyl (C=O) groups is 2. The quantitative estimate of drug-likeness (QED) is 0.798. The van der Waals surface area contributed by atoms with E-state index in [0.29, 0.717) is 22.4 Å². The van der Waals surface area contributed by atoms with Gasteiger partial charge in [0.25, 0.3) is 0 Å². The molecular formula is C17H24ClN3O2. The van der Waals surface area contributed by atoms with E-state index in [1.165, 1.54) is 32.6 Å². The lowest BCUT2D eigenvalue weighted by atomic mass is 10.1. The van der Waals surface area contributed by atoms with Crippen molar-refractivity contribution in [3.8, 4) is 0 Å². The van der Waals surface area contributed by atoms with Crippen LogP contribution in [0, 0.1) is 0 Å². The zero-order chi connectivity index (χ0) is 16.8. The van der Waals surface area contributed by atoms with Gasteiger partial charge in [-0.2, -0.15) is 0 Å². The van der Waals surface area contributed by atoms with Gasteiger partial charge >= 0.3 is 6.03 Å². The number of hydrogen-bond donors (Lipinski definition) is 2. The van der Waals surface area contributed by atoms with Crippen LogP contribution in [0.3, 0.4) is 0 Å². The average molecular weight is 338 g/mol. The van der Waals surface area contributed by atoms with Crippen LogP contribution in [0.15, 0.2) is 18.2 Å². The normalized spacial score (nSPS) is 15.6. The number of carbonyl (C=O) groups excluding carboxylic acids is 2. The Morgan fingerprint density at radius 2 is 1.78 bits per heavy atom. The monoisotopic (exact) mass is 337 g/mol. The molecular weight excluding hydrogens is 314 g/mol. The van der Waals surface area contributed by atoms with E-state index in [2.05, 4.69) is 10.6 Å². The van der Waals surface area contributed by atoms with Crippen molar-refractivity contribution in [2.24, 2.45) is 0 Å². The van der Waals surface area contributed by atoms with E-state index in [1.54, 1.807) is 23.1 Å². The first-order valence-corrected chi connectivity index (χ1v) is 8.46. The van der Waals surface area contributed by atoms with Crippen LogP contribution in [0.1, 0.15) is 45.4 Å². The van der Waals surface area contributed by atoms with E-state index in [1.807, 2.05) is 7.05 Å². The molecule has 1 fully saturated rings. The molecule has 126 valence electrons. The summed E-state index contributed by atoms with van der Waals surface area (Å²) in [5.41, 5.74) is 1.16. The van der Waals surface area contributed by atoms with Crippen LogP contribution in [-0.2, 0) is 4.79 Å². The molecule has 0 atom stereocenters. The largest absolute Gasteiger partial charge is 0.325 e. The van der Waals surface area contributed by atoms with Crippen LogP contribution in [-0.4, -0.2) is 29.9 Å². The van der Waals surface area contributed by atoms with E-state index >= 15 is 0 Å². The molecule has 2 rings (SSSR count). The molecule has 0 aliphatic heterocycles. The highest BCUT2D eigenvalue weighted by atomic mass is 35.5. The van der Waals surface area contributed by atoms with Crippen molar-refractivity contribution in [2.75, 3.05) is 17.7 Å². The molecule has 6 heteroatoms. The highest BCUT2D eigenvalue weighted by Gasteiger charge is 2.21. The molecule has 1 aliphatic rings. The standard InChI is InChI=1S/C17H24ClN3O2/c1-12(22)19-16-10-9-13(11-15(16)18)20-17(23)21(2)14-7-5-3-4-6-8-14/h9-11,14H,3-8H2,1-2H3,(H,19,22)(H,20,23). The summed E-state index contributed by atoms with van der Waals surface area (Å²) in [7, 11) is 1.85. The summed E-state index contributed by atoms with van der Waals surface area (Å²) in [6.45, 7) is 1.42. The number of urea groups is 1. The highest BCUT2D eigenvalue weighted by molar-refractivity contribution is 6.34. The lowest BCUT2D eigenvalue weighted by Gasteiger charge is -2.27. The first-order chi connectivity index (χ1) is 11.0. The van der Waals surface area contributed by atoms with Crippen LogP contribution in [0.5, 0.6) is 0 Å². The predicted octanol–water partition coefficient (Wildman–Crippen LogP) is 4.48. The van der Waals surface area contributed by atoms with Crippen molar-refractivity contribution in [1.82, 2.24) is 4.90 Å². The first kappa shape index (κ1) is 17.6. The average Bonchev–Trinajstić information content (AvgIpc) is 2.78. The Hall–Kier alpha value is -1.75. The molecule has 1 aromatic rings. The van der Waals surface area contributed by atoms with Gasteiger partial charge in [0.1, 0.15) is 0 Å². The molecule has 1 aromatic carbocycles. The van der Waals surface area contributed by atoms with Crippen LogP contribution in [0.25, 0.3) is 0 Å². The maximum Gasteiger partial charge on any atom is 0.321 e. The molecule has 0 aromatic heterocycles. The summed E-state index contributed by atoms with van der Waals surface area (Å²) in [6, 6.07) is 5.24. The lowest BCUT2D eigenvalue weighted by Crippen LogP contribution is -2.39. The van der Waals surface area contributed by atoms with Crippen LogP contribution in [0.2, 0.25) is 5.02 Å². The second-order valence-electron chi connectivity index (χ2n) is 6.06. The third-order valence-corrected chi connectivity index (χ3v) is 4.54. The fourth-order valence-electron chi connectivity index (χ4n) is 2.91. The smallest absolute Gasteiger partial charge is 0.321 e. The minimum Gasteiger partial charge on any atom is -0.325 e. The van der Waals surface area contributed by atoms with Gasteiger partial charge in [-0.25, -0.2) is 4.79 Å². The van der Waals surface area contributed by atoms with E-state index in [0.717, 1.165) is 12.8 Å². The zero-order valence-corrected chi connectivity index (χ0v) is 14.4. The minimum atomic E-state index is -0.184. The maximum absolute atomic E-state index is 12.4. The summed E-state index contributed by atoms with van der Waals surface area (Å²) >= 11 is 6.13. The van der Waals surface area contributed by atoms with Gasteiger partial charge in [-0.15, -0.1) is 0 Å². The van der Waals surface area contributed by atoms with E-state index in [4.69, 9.17) is 11.6 Å². The third kappa shape index (κ3) is 5.13. The minimum absolute atomic E-state index is 0.125. The van der Waals surface area contributed by atoms with Crippen molar-refractivity contribution in [3.05, 3.63) is 23.2 Å². The van der Waals surface area contributed by atoms with Crippen LogP contribution >= 0.6 is 11.6 Å². The number of nitrogens with zero attached hydrogens (tertiary/aromatic N) is 1. The molecule has 5 nitrogen and oxygen atoms in total. The summed E-state index contributed by atoms with van der Waals surface area (Å²) < 4.78 is 0. The van der Waals surface area contributed by atoms with Crippen molar-refractivity contribution in [3.63, 3.8) is 0 Å². The molecule has 3 amide bonds. The molecule has 0 radical (unpaired) electrons. The fraction of sp³-hybridized carbons (Fsp3) is 0.529. The van der Waals surface area contributed by atoms with Gasteiger partial charge in [0.2, 0.25) is 5.91 Å². The molecule has 0 bridgehead atoms. The molecule has 0 heterocycles. The summed E-state index contributed by atoms with van der Waals surface area (Å²) in [5.74, 6) is -0.184. The lowest BCUT2D eigenvalue weighted by molar-refractivity contribution is -0.114. The van der Waals surface area contributed by atoms with Crippen molar-refractivity contribution < 1.29 is 9.59 Å². The van der Waals surface area contributed by atoms with Gasteiger partial charge in [0, 0.05) is 25.7 Å². The molecule has 2 N–H and O–H groups in total. The Labute approximate surface area is 142 Å². The number of amides is 3. The Bertz CT molecular complexity index is 569. The second-order valence-corrected chi connectivity index (χ2v) is 6.47. The van der Waals surface area contributed by atoms with Gasteiger partial charge in [-0.05, 0) is 31.0 Å². The first-order valence-electron chi connectivity index (χ1n) is 8.08. The molecule has 0 spiro atoms. The Balaban J connectivity index is 1.98. The maximum atomic E-state index is 12.4. The fourth-order valence-corrected chi connectivity index (χ4v) is 3.13. The number of halogens is 1. The summed E-state index contributed by atoms with van der Waals surface area (Å²) in [4.78, 5) is 25.3. The van der Waals surface area contributed by atoms with Gasteiger partial charge in [0.15, 0.2) is 0 Å². The number of hydrogen-bond acceptors (Lipinski definition) is 2. The SMILES string of the molecule is CC(=O)Nc1ccc(NC(=O)N(C)C2CCCCCC2)cc1Cl. The van der Waals surface area contributed by atoms with Crippen LogP contribution < -0.4 is 10.6 Å². The topological polar surface area (TPSA) is 61.4 Å². The van der Waals surface area contributed by atoms with E-state index in [-0.39, 0.29) is 11.9 Å². The van der Waals surface area contributed by atoms with E-state index < -0.39 is 0 Å². The van der Waals surface area contributed by atoms with Crippen molar-refractivity contribution in [1.29, 1.82) is 0 Å². The molecule has 23 heavy (non-hydrogen) atoms. The Morgan fingerprint density at radius 1 is 1.13 bits per heavy atom. The number of anilines is 2. The second kappa shape index (κ2) is 8.20. The zero-order valence-electron chi connectivity index (χ0n) is 13.7. The predicted molar refractivity (Wildman–Crippen MR) is 94.0 cm³/mol. The van der Waals surface area contributed by atoms with Gasteiger partial charge in [0.05, 0.1) is 10.7 Å². The van der Waals surface area contributed by atoms with Crippen molar-refractivity contribution >= 4 is 34.9 Å². The number of nitrogens with one attached hydrogen (secondary N) is 2. The molecule has 0 saturated heterocycles. The third-order valence-electron chi connectivity index (χ3n) is 4.22. The Morgan fingerprint density at radius 3 is 2.35 bits per heavy atom. The van der Waals surface area contributed by atoms with Crippen molar-refractivity contribution in [2.45, 2.75) is 51.5 Å². The molecule has 1 saturated carbocycles. The van der Waals surface area contributed by atoms with E-state index in [9.17, 15) is 9.59 Å². The Kier molecular flexibility index (Phi) is 6.28. The number of rotatable bonds is 3. The molecule has 0 unspecified atom stereocenters. The summed E-state index contributed by atoms with van der Waals surface area (Å²) in [5, 5.41) is 5.91. The van der Waals surface area contributed by atoms with Gasteiger partial charge in [-0.1, -0.05) is 37.3 Å².